The number of nitrogens with zero attached hydrogens (tertiary/aromatic N) is 4. The summed E-state index contributed by atoms with van der Waals surface area (Å²) in [6.45, 7) is 3.61. The van der Waals surface area contributed by atoms with Crippen molar-refractivity contribution in [2.24, 2.45) is 0 Å². The summed E-state index contributed by atoms with van der Waals surface area (Å²) in [7, 11) is 0. The van der Waals surface area contributed by atoms with Crippen LogP contribution in [0.1, 0.15) is 18.6 Å². The van der Waals surface area contributed by atoms with E-state index in [1.165, 1.54) is 5.56 Å². The number of benzene rings is 1. The maximum atomic E-state index is 6.02. The van der Waals surface area contributed by atoms with E-state index in [1.807, 2.05) is 36.4 Å². The molecule has 0 N–H and O–H groups in total. The van der Waals surface area contributed by atoms with Crippen LogP contribution in [0.4, 0.5) is 5.13 Å². The highest BCUT2D eigenvalue weighted by Gasteiger charge is 2.29. The van der Waals surface area contributed by atoms with Crippen LogP contribution < -0.4 is 4.90 Å². The normalized spacial score (nSPS) is 21.0. The lowest BCUT2D eigenvalue weighted by Gasteiger charge is -2.37. The number of ether oxygens (including phenoxy) is 1. The molecule has 3 heterocycles. The number of hydrogen-bond donors (Lipinski definition) is 0. The molecule has 2 atom stereocenters. The van der Waals surface area contributed by atoms with Crippen LogP contribution in [0.3, 0.4) is 0 Å². The number of pyridine rings is 1. The van der Waals surface area contributed by atoms with Crippen LogP contribution in [0.15, 0.2) is 54.7 Å². The van der Waals surface area contributed by atoms with Gasteiger partial charge in [0.25, 0.3) is 0 Å². The Bertz CT molecular complexity index is 793. The highest BCUT2D eigenvalue weighted by Crippen LogP contribution is 2.33. The van der Waals surface area contributed by atoms with Crippen molar-refractivity contribution >= 4 is 16.5 Å². The molecule has 0 bridgehead atoms. The van der Waals surface area contributed by atoms with Crippen LogP contribution in [0.5, 0.6) is 0 Å². The molecule has 4 rings (SSSR count). The number of morpholine rings is 1. The second kappa shape index (κ2) is 6.67. The SMILES string of the molecule is C[C@H]1CO[C@H](c2ccccc2)CN1c1nnc(-c2ccccn2)s1. The Morgan fingerprint density at radius 2 is 1.92 bits per heavy atom. The average Bonchev–Trinajstić information content (AvgIpc) is 3.13. The second-order valence-electron chi connectivity index (χ2n) is 5.84. The van der Waals surface area contributed by atoms with Crippen LogP contribution in [0, 0.1) is 0 Å². The Balaban J connectivity index is 1.57. The minimum absolute atomic E-state index is 0.0598. The van der Waals surface area contributed by atoms with Crippen molar-refractivity contribution < 1.29 is 4.74 Å². The van der Waals surface area contributed by atoms with Crippen LogP contribution in [-0.4, -0.2) is 34.4 Å². The minimum atomic E-state index is 0.0598. The van der Waals surface area contributed by atoms with Gasteiger partial charge in [0, 0.05) is 6.20 Å². The predicted molar refractivity (Wildman–Crippen MR) is 95.1 cm³/mol. The molecule has 5 nitrogen and oxygen atoms in total. The van der Waals surface area contributed by atoms with Gasteiger partial charge in [0.15, 0.2) is 5.01 Å². The lowest BCUT2D eigenvalue weighted by atomic mass is 10.1. The zero-order valence-corrected chi connectivity index (χ0v) is 14.2. The van der Waals surface area contributed by atoms with E-state index >= 15 is 0 Å². The summed E-state index contributed by atoms with van der Waals surface area (Å²) >= 11 is 1.58. The summed E-state index contributed by atoms with van der Waals surface area (Å²) in [6.07, 6.45) is 1.84. The number of anilines is 1. The highest BCUT2D eigenvalue weighted by molar-refractivity contribution is 7.18. The van der Waals surface area contributed by atoms with E-state index in [4.69, 9.17) is 4.74 Å². The first-order chi connectivity index (χ1) is 11.8. The number of aromatic nitrogens is 3. The third-order valence-corrected chi connectivity index (χ3v) is 5.13. The molecule has 24 heavy (non-hydrogen) atoms. The zero-order valence-electron chi connectivity index (χ0n) is 13.4. The standard InChI is InChI=1S/C18H18N4OS/c1-13-12-23-16(14-7-3-2-4-8-14)11-22(13)18-21-20-17(24-18)15-9-5-6-10-19-15/h2-10,13,16H,11-12H2,1H3/t13-,16-/m0/s1. The molecule has 1 aliphatic rings. The van der Waals surface area contributed by atoms with E-state index in [0.717, 1.165) is 22.4 Å². The number of hydrogen-bond acceptors (Lipinski definition) is 6. The summed E-state index contributed by atoms with van der Waals surface area (Å²) in [6, 6.07) is 16.4. The molecule has 6 heteroatoms. The van der Waals surface area contributed by atoms with E-state index in [1.54, 1.807) is 17.5 Å². The molecule has 1 aromatic carbocycles. The van der Waals surface area contributed by atoms with Crippen molar-refractivity contribution in [2.45, 2.75) is 19.1 Å². The van der Waals surface area contributed by atoms with Gasteiger partial charge in [0.2, 0.25) is 5.13 Å². The number of rotatable bonds is 3. The Kier molecular flexibility index (Phi) is 4.23. The maximum absolute atomic E-state index is 6.02. The molecule has 0 amide bonds. The van der Waals surface area contributed by atoms with Crippen molar-refractivity contribution in [3.8, 4) is 10.7 Å². The first-order valence-corrected chi connectivity index (χ1v) is 8.81. The van der Waals surface area contributed by atoms with Gasteiger partial charge >= 0.3 is 0 Å². The van der Waals surface area contributed by atoms with Gasteiger partial charge < -0.3 is 9.64 Å². The van der Waals surface area contributed by atoms with E-state index < -0.39 is 0 Å². The van der Waals surface area contributed by atoms with Gasteiger partial charge in [0.05, 0.1) is 19.2 Å². The van der Waals surface area contributed by atoms with Crippen LogP contribution in [0.25, 0.3) is 10.7 Å². The molecule has 1 aliphatic heterocycles. The molecule has 1 fully saturated rings. The van der Waals surface area contributed by atoms with Gasteiger partial charge in [-0.05, 0) is 24.6 Å². The lowest BCUT2D eigenvalue weighted by Crippen LogP contribution is -2.45. The molecule has 0 saturated carbocycles. The predicted octanol–water partition coefficient (Wildman–Crippen LogP) is 3.57. The van der Waals surface area contributed by atoms with Crippen molar-refractivity contribution in [3.63, 3.8) is 0 Å². The molecule has 2 aromatic heterocycles. The molecule has 0 unspecified atom stereocenters. The fraction of sp³-hybridized carbons (Fsp3) is 0.278. The molecular formula is C18H18N4OS. The minimum Gasteiger partial charge on any atom is -0.370 e. The molecule has 0 aliphatic carbocycles. The molecule has 3 aromatic rings. The molecule has 122 valence electrons. The summed E-state index contributed by atoms with van der Waals surface area (Å²) in [5.74, 6) is 0. The Morgan fingerprint density at radius 3 is 2.71 bits per heavy atom. The lowest BCUT2D eigenvalue weighted by molar-refractivity contribution is 0.0215. The van der Waals surface area contributed by atoms with Gasteiger partial charge in [-0.2, -0.15) is 0 Å². The van der Waals surface area contributed by atoms with Crippen molar-refractivity contribution in [1.29, 1.82) is 0 Å². The monoisotopic (exact) mass is 338 g/mol. The molecule has 1 saturated heterocycles. The fourth-order valence-corrected chi connectivity index (χ4v) is 3.75. The van der Waals surface area contributed by atoms with E-state index in [0.29, 0.717) is 6.61 Å². The third-order valence-electron chi connectivity index (χ3n) is 4.15. The smallest absolute Gasteiger partial charge is 0.209 e. The second-order valence-corrected chi connectivity index (χ2v) is 6.79. The zero-order chi connectivity index (χ0) is 16.4. The first-order valence-electron chi connectivity index (χ1n) is 7.99. The van der Waals surface area contributed by atoms with Gasteiger partial charge in [0.1, 0.15) is 11.8 Å². The molecule has 0 spiro atoms. The summed E-state index contributed by atoms with van der Waals surface area (Å²) in [5, 5.41) is 10.5. The van der Waals surface area contributed by atoms with Gasteiger partial charge in [-0.1, -0.05) is 47.7 Å². The van der Waals surface area contributed by atoms with E-state index in [9.17, 15) is 0 Å². The first kappa shape index (κ1) is 15.2. The van der Waals surface area contributed by atoms with Crippen LogP contribution in [0.2, 0.25) is 0 Å². The largest absolute Gasteiger partial charge is 0.370 e. The van der Waals surface area contributed by atoms with E-state index in [2.05, 4.69) is 39.1 Å². The molecular weight excluding hydrogens is 320 g/mol. The Hall–Kier alpha value is -2.31. The summed E-state index contributed by atoms with van der Waals surface area (Å²) in [5.41, 5.74) is 2.06. The third kappa shape index (κ3) is 3.02. The maximum Gasteiger partial charge on any atom is 0.209 e. The fourth-order valence-electron chi connectivity index (χ4n) is 2.82. The Labute approximate surface area is 145 Å². The van der Waals surface area contributed by atoms with Crippen molar-refractivity contribution in [3.05, 3.63) is 60.3 Å². The van der Waals surface area contributed by atoms with Crippen LogP contribution >= 0.6 is 11.3 Å². The van der Waals surface area contributed by atoms with Gasteiger partial charge in [-0.25, -0.2) is 0 Å². The summed E-state index contributed by atoms with van der Waals surface area (Å²) in [4.78, 5) is 6.64. The molecule has 0 radical (unpaired) electrons. The average molecular weight is 338 g/mol. The van der Waals surface area contributed by atoms with Crippen LogP contribution in [-0.2, 0) is 4.74 Å². The van der Waals surface area contributed by atoms with Gasteiger partial charge in [-0.3, -0.25) is 4.98 Å². The topological polar surface area (TPSA) is 51.1 Å². The Morgan fingerprint density at radius 1 is 1.08 bits per heavy atom. The highest BCUT2D eigenvalue weighted by atomic mass is 32.1. The summed E-state index contributed by atoms with van der Waals surface area (Å²) < 4.78 is 6.02. The van der Waals surface area contributed by atoms with Crippen molar-refractivity contribution in [1.82, 2.24) is 15.2 Å². The quantitative estimate of drug-likeness (QED) is 0.731. The van der Waals surface area contributed by atoms with Crippen molar-refractivity contribution in [2.75, 3.05) is 18.1 Å². The van der Waals surface area contributed by atoms with Gasteiger partial charge in [-0.15, -0.1) is 10.2 Å². The van der Waals surface area contributed by atoms with E-state index in [-0.39, 0.29) is 12.1 Å².